The van der Waals surface area contributed by atoms with Gasteiger partial charge < -0.3 is 10.2 Å². The van der Waals surface area contributed by atoms with Gasteiger partial charge in [-0.15, -0.1) is 0 Å². The van der Waals surface area contributed by atoms with Crippen LogP contribution in [0.5, 0.6) is 0 Å². The summed E-state index contributed by atoms with van der Waals surface area (Å²) < 4.78 is 0. The van der Waals surface area contributed by atoms with Gasteiger partial charge in [-0.2, -0.15) is 0 Å². The molecule has 108 valence electrons. The van der Waals surface area contributed by atoms with E-state index in [1.54, 1.807) is 32.1 Å². The summed E-state index contributed by atoms with van der Waals surface area (Å²) >= 11 is 0. The highest BCUT2D eigenvalue weighted by atomic mass is 15.2. The maximum atomic E-state index is 3.66. The Bertz CT molecular complexity index is 299. The number of hydrogen-bond donors (Lipinski definition) is 1. The molecule has 5 rings (SSSR count). The summed E-state index contributed by atoms with van der Waals surface area (Å²) in [4.78, 5) is 2.64. The van der Waals surface area contributed by atoms with Gasteiger partial charge in [0.2, 0.25) is 0 Å². The van der Waals surface area contributed by atoms with E-state index >= 15 is 0 Å². The van der Waals surface area contributed by atoms with Gasteiger partial charge in [0, 0.05) is 12.6 Å². The van der Waals surface area contributed by atoms with Crippen molar-refractivity contribution in [2.75, 3.05) is 26.7 Å². The van der Waals surface area contributed by atoms with E-state index in [9.17, 15) is 0 Å². The summed E-state index contributed by atoms with van der Waals surface area (Å²) in [5.74, 6) is 5.54. The molecule has 0 aromatic carbocycles. The Balaban J connectivity index is 1.44. The van der Waals surface area contributed by atoms with Crippen LogP contribution in [0.2, 0.25) is 0 Å². The molecule has 4 aliphatic carbocycles. The zero-order chi connectivity index (χ0) is 12.8. The zero-order valence-corrected chi connectivity index (χ0v) is 12.5. The Labute approximate surface area is 118 Å². The number of rotatable bonds is 2. The average Bonchev–Trinajstić information content (AvgIpc) is 2.58. The first-order valence-corrected chi connectivity index (χ1v) is 8.70. The first-order valence-electron chi connectivity index (χ1n) is 8.70. The van der Waals surface area contributed by atoms with Gasteiger partial charge in [-0.1, -0.05) is 0 Å². The molecule has 0 spiro atoms. The van der Waals surface area contributed by atoms with Crippen LogP contribution in [0, 0.1) is 29.6 Å². The van der Waals surface area contributed by atoms with Crippen molar-refractivity contribution in [2.45, 2.75) is 51.0 Å². The average molecular weight is 262 g/mol. The van der Waals surface area contributed by atoms with Crippen LogP contribution in [0.1, 0.15) is 44.9 Å². The van der Waals surface area contributed by atoms with Crippen molar-refractivity contribution >= 4 is 0 Å². The summed E-state index contributed by atoms with van der Waals surface area (Å²) in [6.45, 7) is 3.76. The van der Waals surface area contributed by atoms with Crippen molar-refractivity contribution in [2.24, 2.45) is 29.6 Å². The molecule has 19 heavy (non-hydrogen) atoms. The molecule has 2 nitrogen and oxygen atoms in total. The van der Waals surface area contributed by atoms with E-state index in [4.69, 9.17) is 0 Å². The molecule has 0 radical (unpaired) electrons. The molecule has 1 heterocycles. The molecule has 0 amide bonds. The second kappa shape index (κ2) is 5.04. The SMILES string of the molecule is CN1CCCNCC1CC1C2CC3CC(C2)CC1C3. The second-order valence-corrected chi connectivity index (χ2v) is 8.02. The van der Waals surface area contributed by atoms with E-state index in [1.165, 1.54) is 32.5 Å². The van der Waals surface area contributed by atoms with Gasteiger partial charge in [-0.05, 0) is 94.7 Å². The van der Waals surface area contributed by atoms with Gasteiger partial charge in [0.05, 0.1) is 0 Å². The van der Waals surface area contributed by atoms with Crippen molar-refractivity contribution in [3.05, 3.63) is 0 Å². The monoisotopic (exact) mass is 262 g/mol. The summed E-state index contributed by atoms with van der Waals surface area (Å²) in [5.41, 5.74) is 0. The highest BCUT2D eigenvalue weighted by Crippen LogP contribution is 2.57. The number of nitrogens with one attached hydrogen (secondary N) is 1. The van der Waals surface area contributed by atoms with Crippen molar-refractivity contribution in [3.8, 4) is 0 Å². The minimum absolute atomic E-state index is 0.810. The lowest BCUT2D eigenvalue weighted by Crippen LogP contribution is -2.48. The Morgan fingerprint density at radius 2 is 1.68 bits per heavy atom. The predicted molar refractivity (Wildman–Crippen MR) is 79.1 cm³/mol. The highest BCUT2D eigenvalue weighted by Gasteiger charge is 2.48. The molecular weight excluding hydrogens is 232 g/mol. The van der Waals surface area contributed by atoms with Crippen LogP contribution in [0.4, 0.5) is 0 Å². The second-order valence-electron chi connectivity index (χ2n) is 8.02. The van der Waals surface area contributed by atoms with Crippen molar-refractivity contribution in [1.82, 2.24) is 10.2 Å². The lowest BCUT2D eigenvalue weighted by atomic mass is 9.51. The molecule has 4 saturated carbocycles. The highest BCUT2D eigenvalue weighted by molar-refractivity contribution is 4.99. The number of hydrogen-bond acceptors (Lipinski definition) is 2. The van der Waals surface area contributed by atoms with Crippen LogP contribution >= 0.6 is 0 Å². The van der Waals surface area contributed by atoms with E-state index in [2.05, 4.69) is 17.3 Å². The van der Waals surface area contributed by atoms with E-state index in [0.29, 0.717) is 0 Å². The van der Waals surface area contributed by atoms with Gasteiger partial charge in [0.15, 0.2) is 0 Å². The minimum atomic E-state index is 0.810. The van der Waals surface area contributed by atoms with Crippen molar-refractivity contribution in [1.29, 1.82) is 0 Å². The van der Waals surface area contributed by atoms with E-state index in [-0.39, 0.29) is 0 Å². The van der Waals surface area contributed by atoms with E-state index < -0.39 is 0 Å². The Kier molecular flexibility index (Phi) is 3.35. The third kappa shape index (κ3) is 2.35. The lowest BCUT2D eigenvalue weighted by Gasteiger charge is -2.55. The fourth-order valence-corrected chi connectivity index (χ4v) is 6.06. The summed E-state index contributed by atoms with van der Waals surface area (Å²) in [7, 11) is 2.35. The van der Waals surface area contributed by atoms with E-state index in [0.717, 1.165) is 35.6 Å². The summed E-state index contributed by atoms with van der Waals surface area (Å²) in [6.07, 6.45) is 10.7. The maximum Gasteiger partial charge on any atom is 0.0220 e. The molecule has 1 saturated heterocycles. The molecule has 1 unspecified atom stereocenters. The van der Waals surface area contributed by atoms with Crippen LogP contribution < -0.4 is 5.32 Å². The number of nitrogens with zero attached hydrogens (tertiary/aromatic N) is 1. The molecule has 0 aromatic heterocycles. The molecule has 5 fully saturated rings. The molecule has 1 atom stereocenters. The summed E-state index contributed by atoms with van der Waals surface area (Å²) in [5, 5.41) is 3.66. The molecule has 1 N–H and O–H groups in total. The van der Waals surface area contributed by atoms with Crippen LogP contribution in [-0.2, 0) is 0 Å². The predicted octanol–water partition coefficient (Wildman–Crippen LogP) is 2.74. The normalized spacial score (nSPS) is 50.4. The quantitative estimate of drug-likeness (QED) is 0.823. The first-order chi connectivity index (χ1) is 9.29. The Morgan fingerprint density at radius 1 is 1.00 bits per heavy atom. The van der Waals surface area contributed by atoms with Gasteiger partial charge in [0.1, 0.15) is 0 Å². The van der Waals surface area contributed by atoms with Crippen LogP contribution in [0.3, 0.4) is 0 Å². The molecule has 5 aliphatic rings. The lowest BCUT2D eigenvalue weighted by molar-refractivity contribution is -0.0477. The fraction of sp³-hybridized carbons (Fsp3) is 1.00. The minimum Gasteiger partial charge on any atom is -0.315 e. The topological polar surface area (TPSA) is 15.3 Å². The van der Waals surface area contributed by atoms with E-state index in [1.807, 2.05) is 0 Å². The van der Waals surface area contributed by atoms with Crippen LogP contribution in [0.25, 0.3) is 0 Å². The standard InChI is InChI=1S/C17H30N2/c1-19-4-2-3-18-11-16(19)10-17-14-6-12-5-13(8-14)9-15(17)7-12/h12-18H,2-11H2,1H3. The first kappa shape index (κ1) is 12.6. The van der Waals surface area contributed by atoms with Crippen molar-refractivity contribution < 1.29 is 0 Å². The molecule has 4 bridgehead atoms. The molecular formula is C17H30N2. The Morgan fingerprint density at radius 3 is 2.37 bits per heavy atom. The molecule has 2 heteroatoms. The summed E-state index contributed by atoms with van der Waals surface area (Å²) in [6, 6.07) is 0.810. The van der Waals surface area contributed by atoms with Crippen LogP contribution in [-0.4, -0.2) is 37.6 Å². The van der Waals surface area contributed by atoms with Crippen molar-refractivity contribution in [3.63, 3.8) is 0 Å². The number of likely N-dealkylation sites (N-methyl/N-ethyl adjacent to an activating group) is 1. The van der Waals surface area contributed by atoms with Gasteiger partial charge >= 0.3 is 0 Å². The van der Waals surface area contributed by atoms with Crippen LogP contribution in [0.15, 0.2) is 0 Å². The largest absolute Gasteiger partial charge is 0.315 e. The van der Waals surface area contributed by atoms with Gasteiger partial charge in [-0.3, -0.25) is 0 Å². The molecule has 1 aliphatic heterocycles. The zero-order valence-electron chi connectivity index (χ0n) is 12.5. The smallest absolute Gasteiger partial charge is 0.0220 e. The van der Waals surface area contributed by atoms with Gasteiger partial charge in [0.25, 0.3) is 0 Å². The third-order valence-electron chi connectivity index (χ3n) is 6.83. The fourth-order valence-electron chi connectivity index (χ4n) is 6.06. The van der Waals surface area contributed by atoms with Gasteiger partial charge in [-0.25, -0.2) is 0 Å². The Hall–Kier alpha value is -0.0800. The third-order valence-corrected chi connectivity index (χ3v) is 6.83. The maximum absolute atomic E-state index is 3.66. The molecule has 0 aromatic rings.